The topological polar surface area (TPSA) is 45.3 Å². The molecular weight excluding hydrogens is 332 g/mol. The second kappa shape index (κ2) is 5.14. The van der Waals surface area contributed by atoms with Gasteiger partial charge in [-0.15, -0.1) is 0 Å². The van der Waals surface area contributed by atoms with E-state index in [0.29, 0.717) is 18.8 Å². The standard InChI is InChI=1S/C16H17BrN2O2/c17-11-5-4-10-8-13(18-12(10)9-11)16(20)19-6-7-21-15-3-1-2-14(15)19/h4-5,8-9,14-15,18H,1-3,6-7H2/t14-,15-/m1/s1. The molecule has 4 rings (SSSR count). The van der Waals surface area contributed by atoms with Gasteiger partial charge < -0.3 is 14.6 Å². The molecule has 1 amide bonds. The number of amides is 1. The normalized spacial score (nSPS) is 25.3. The van der Waals surface area contributed by atoms with Gasteiger partial charge in [-0.1, -0.05) is 22.0 Å². The van der Waals surface area contributed by atoms with Gasteiger partial charge in [-0.25, -0.2) is 0 Å². The smallest absolute Gasteiger partial charge is 0.270 e. The number of aromatic amines is 1. The van der Waals surface area contributed by atoms with Crippen LogP contribution in [0, 0.1) is 0 Å². The van der Waals surface area contributed by atoms with Crippen LogP contribution in [0.1, 0.15) is 29.8 Å². The van der Waals surface area contributed by atoms with Crippen LogP contribution in [0.3, 0.4) is 0 Å². The predicted octanol–water partition coefficient (Wildman–Crippen LogP) is 3.32. The summed E-state index contributed by atoms with van der Waals surface area (Å²) in [4.78, 5) is 18.1. The van der Waals surface area contributed by atoms with E-state index in [2.05, 4.69) is 20.9 Å². The first-order valence-electron chi connectivity index (χ1n) is 7.43. The van der Waals surface area contributed by atoms with Crippen molar-refractivity contribution in [2.75, 3.05) is 13.2 Å². The lowest BCUT2D eigenvalue weighted by Gasteiger charge is -2.37. The Morgan fingerprint density at radius 2 is 2.24 bits per heavy atom. The molecule has 5 heteroatoms. The van der Waals surface area contributed by atoms with Crippen LogP contribution in [0.25, 0.3) is 10.9 Å². The van der Waals surface area contributed by atoms with E-state index in [0.717, 1.165) is 34.6 Å². The van der Waals surface area contributed by atoms with Gasteiger partial charge in [0.2, 0.25) is 0 Å². The lowest BCUT2D eigenvalue weighted by molar-refractivity contribution is -0.0446. The second-order valence-corrected chi connectivity index (χ2v) is 6.74. The zero-order valence-corrected chi connectivity index (χ0v) is 13.2. The van der Waals surface area contributed by atoms with E-state index < -0.39 is 0 Å². The Kier molecular flexibility index (Phi) is 3.27. The Labute approximate surface area is 131 Å². The molecule has 1 aliphatic heterocycles. The first-order valence-corrected chi connectivity index (χ1v) is 8.22. The average Bonchev–Trinajstić information content (AvgIpc) is 3.11. The molecule has 2 aromatic rings. The average molecular weight is 349 g/mol. The van der Waals surface area contributed by atoms with Gasteiger partial charge in [0.25, 0.3) is 5.91 Å². The number of rotatable bonds is 1. The molecule has 21 heavy (non-hydrogen) atoms. The Balaban J connectivity index is 1.66. The summed E-state index contributed by atoms with van der Waals surface area (Å²) in [5.74, 6) is 0.0996. The molecule has 0 unspecified atom stereocenters. The molecule has 1 saturated heterocycles. The second-order valence-electron chi connectivity index (χ2n) is 5.82. The fourth-order valence-electron chi connectivity index (χ4n) is 3.55. The highest BCUT2D eigenvalue weighted by atomic mass is 79.9. The minimum absolute atomic E-state index is 0.0996. The highest BCUT2D eigenvalue weighted by molar-refractivity contribution is 9.10. The number of carbonyl (C=O) groups is 1. The molecule has 2 fully saturated rings. The van der Waals surface area contributed by atoms with Gasteiger partial charge in [-0.2, -0.15) is 0 Å². The molecular formula is C16H17BrN2O2. The lowest BCUT2D eigenvalue weighted by atomic mass is 10.1. The summed E-state index contributed by atoms with van der Waals surface area (Å²) in [7, 11) is 0. The Morgan fingerprint density at radius 1 is 1.33 bits per heavy atom. The Morgan fingerprint density at radius 3 is 3.14 bits per heavy atom. The van der Waals surface area contributed by atoms with Gasteiger partial charge in [-0.05, 0) is 37.5 Å². The van der Waals surface area contributed by atoms with Crippen LogP contribution in [-0.4, -0.2) is 41.1 Å². The third-order valence-corrected chi connectivity index (χ3v) is 5.05. The zero-order valence-electron chi connectivity index (χ0n) is 11.6. The molecule has 1 N–H and O–H groups in total. The van der Waals surface area contributed by atoms with Gasteiger partial charge in [0, 0.05) is 21.9 Å². The molecule has 0 spiro atoms. The molecule has 2 aliphatic rings. The molecule has 0 radical (unpaired) electrons. The van der Waals surface area contributed by atoms with Crippen LogP contribution >= 0.6 is 15.9 Å². The number of fused-ring (bicyclic) bond motifs is 2. The maximum atomic E-state index is 12.8. The van der Waals surface area contributed by atoms with E-state index in [9.17, 15) is 4.79 Å². The van der Waals surface area contributed by atoms with Crippen LogP contribution in [0.2, 0.25) is 0 Å². The van der Waals surface area contributed by atoms with Gasteiger partial charge in [0.1, 0.15) is 5.69 Å². The summed E-state index contributed by atoms with van der Waals surface area (Å²) in [6.45, 7) is 1.34. The van der Waals surface area contributed by atoms with Crippen LogP contribution in [0.15, 0.2) is 28.7 Å². The van der Waals surface area contributed by atoms with Crippen LogP contribution in [-0.2, 0) is 4.74 Å². The highest BCUT2D eigenvalue weighted by Gasteiger charge is 2.38. The predicted molar refractivity (Wildman–Crippen MR) is 84.4 cm³/mol. The summed E-state index contributed by atoms with van der Waals surface area (Å²) in [5, 5.41) is 1.07. The fraction of sp³-hybridized carbons (Fsp3) is 0.438. The minimum Gasteiger partial charge on any atom is -0.374 e. The molecule has 1 aromatic heterocycles. The molecule has 2 heterocycles. The quantitative estimate of drug-likeness (QED) is 0.859. The largest absolute Gasteiger partial charge is 0.374 e. The molecule has 4 nitrogen and oxygen atoms in total. The maximum absolute atomic E-state index is 12.8. The van der Waals surface area contributed by atoms with Crippen molar-refractivity contribution in [2.24, 2.45) is 0 Å². The van der Waals surface area contributed by atoms with Crippen molar-refractivity contribution in [1.82, 2.24) is 9.88 Å². The summed E-state index contributed by atoms with van der Waals surface area (Å²) in [6.07, 6.45) is 3.52. The van der Waals surface area contributed by atoms with Crippen molar-refractivity contribution in [3.63, 3.8) is 0 Å². The number of morpholine rings is 1. The summed E-state index contributed by atoms with van der Waals surface area (Å²) < 4.78 is 6.79. The van der Waals surface area contributed by atoms with E-state index in [1.807, 2.05) is 29.2 Å². The van der Waals surface area contributed by atoms with E-state index in [1.165, 1.54) is 0 Å². The molecule has 1 saturated carbocycles. The van der Waals surface area contributed by atoms with E-state index in [1.54, 1.807) is 0 Å². The van der Waals surface area contributed by atoms with E-state index in [-0.39, 0.29) is 18.1 Å². The number of nitrogens with one attached hydrogen (secondary N) is 1. The molecule has 110 valence electrons. The zero-order chi connectivity index (χ0) is 14.4. The third kappa shape index (κ3) is 2.28. The fourth-order valence-corrected chi connectivity index (χ4v) is 3.91. The summed E-state index contributed by atoms with van der Waals surface area (Å²) in [5.41, 5.74) is 1.67. The Bertz CT molecular complexity index is 697. The highest BCUT2D eigenvalue weighted by Crippen LogP contribution is 2.31. The molecule has 0 bridgehead atoms. The number of carbonyl (C=O) groups excluding carboxylic acids is 1. The van der Waals surface area contributed by atoms with Gasteiger partial charge >= 0.3 is 0 Å². The SMILES string of the molecule is O=C(c1cc2ccc(Br)cc2[nH]1)N1CCO[C@@H]2CCC[C@H]21. The first-order chi connectivity index (χ1) is 10.2. The Hall–Kier alpha value is -1.33. The number of hydrogen-bond donors (Lipinski definition) is 1. The van der Waals surface area contributed by atoms with Gasteiger partial charge in [0.05, 0.1) is 18.8 Å². The summed E-state index contributed by atoms with van der Waals surface area (Å²) >= 11 is 3.46. The number of benzene rings is 1. The number of nitrogens with zero attached hydrogens (tertiary/aromatic N) is 1. The number of halogens is 1. The third-order valence-electron chi connectivity index (χ3n) is 4.56. The number of H-pyrrole nitrogens is 1. The van der Waals surface area contributed by atoms with Crippen molar-refractivity contribution in [2.45, 2.75) is 31.4 Å². The summed E-state index contributed by atoms with van der Waals surface area (Å²) in [6, 6.07) is 8.22. The number of aromatic nitrogens is 1. The minimum atomic E-state index is 0.0996. The van der Waals surface area contributed by atoms with Crippen molar-refractivity contribution in [3.05, 3.63) is 34.4 Å². The van der Waals surface area contributed by atoms with Gasteiger partial charge in [-0.3, -0.25) is 4.79 Å². The van der Waals surface area contributed by atoms with E-state index >= 15 is 0 Å². The monoisotopic (exact) mass is 348 g/mol. The number of hydrogen-bond acceptors (Lipinski definition) is 2. The van der Waals surface area contributed by atoms with Crippen LogP contribution in [0.4, 0.5) is 0 Å². The van der Waals surface area contributed by atoms with Crippen molar-refractivity contribution in [3.8, 4) is 0 Å². The van der Waals surface area contributed by atoms with Crippen molar-refractivity contribution >= 4 is 32.7 Å². The number of ether oxygens (including phenoxy) is 1. The first kappa shape index (κ1) is 13.3. The van der Waals surface area contributed by atoms with Crippen LogP contribution in [0.5, 0.6) is 0 Å². The molecule has 1 aromatic carbocycles. The molecule has 1 aliphatic carbocycles. The lowest BCUT2D eigenvalue weighted by Crippen LogP contribution is -2.51. The maximum Gasteiger partial charge on any atom is 0.270 e. The van der Waals surface area contributed by atoms with Crippen molar-refractivity contribution < 1.29 is 9.53 Å². The van der Waals surface area contributed by atoms with Crippen molar-refractivity contribution in [1.29, 1.82) is 0 Å². The van der Waals surface area contributed by atoms with Gasteiger partial charge in [0.15, 0.2) is 0 Å². The van der Waals surface area contributed by atoms with Crippen LogP contribution < -0.4 is 0 Å². The molecule has 2 atom stereocenters. The van der Waals surface area contributed by atoms with E-state index in [4.69, 9.17) is 4.74 Å².